The van der Waals surface area contributed by atoms with Crippen LogP contribution in [0.1, 0.15) is 23.2 Å². The molecule has 0 unspecified atom stereocenters. The van der Waals surface area contributed by atoms with Gasteiger partial charge in [0.05, 0.1) is 16.8 Å². The van der Waals surface area contributed by atoms with E-state index in [0.717, 1.165) is 32.2 Å². The van der Waals surface area contributed by atoms with E-state index >= 15 is 0 Å². The van der Waals surface area contributed by atoms with Gasteiger partial charge in [-0.25, -0.2) is 8.42 Å². The molecule has 1 fully saturated rings. The number of likely N-dealkylation sites (tertiary alicyclic amines) is 1. The Labute approximate surface area is 135 Å². The molecule has 0 aromatic heterocycles. The lowest BCUT2D eigenvalue weighted by Crippen LogP contribution is -2.43. The number of nitrogens with one attached hydrogen (secondary N) is 2. The Bertz CT molecular complexity index is 655. The van der Waals surface area contributed by atoms with Crippen molar-refractivity contribution in [3.05, 3.63) is 28.8 Å². The molecule has 22 heavy (non-hydrogen) atoms. The second-order valence-corrected chi connectivity index (χ2v) is 7.78. The fraction of sp³-hybridized carbons (Fsp3) is 0.500. The zero-order valence-corrected chi connectivity index (χ0v) is 14.2. The Balaban J connectivity index is 2.10. The van der Waals surface area contributed by atoms with Crippen molar-refractivity contribution in [3.8, 4) is 0 Å². The minimum absolute atomic E-state index is 0.117. The van der Waals surface area contributed by atoms with Gasteiger partial charge >= 0.3 is 0 Å². The normalized spacial score (nSPS) is 17.2. The first-order valence-corrected chi connectivity index (χ1v) is 9.28. The molecule has 8 heteroatoms. The molecule has 2 N–H and O–H groups in total. The zero-order valence-electron chi connectivity index (χ0n) is 12.6. The second-order valence-electron chi connectivity index (χ2n) is 5.62. The molecule has 0 spiro atoms. The van der Waals surface area contributed by atoms with Crippen LogP contribution in [0.2, 0.25) is 5.02 Å². The number of amides is 1. The second kappa shape index (κ2) is 6.85. The molecule has 122 valence electrons. The summed E-state index contributed by atoms with van der Waals surface area (Å²) in [6.07, 6.45) is 2.84. The molecule has 2 rings (SSSR count). The lowest BCUT2D eigenvalue weighted by molar-refractivity contribution is 0.0917. The van der Waals surface area contributed by atoms with Crippen LogP contribution in [-0.2, 0) is 10.0 Å². The molecule has 1 amide bonds. The Hall–Kier alpha value is -1.31. The lowest BCUT2D eigenvalue weighted by atomic mass is 10.0. The molecule has 1 aliphatic heterocycles. The van der Waals surface area contributed by atoms with Gasteiger partial charge in [0, 0.05) is 11.7 Å². The summed E-state index contributed by atoms with van der Waals surface area (Å²) in [5.41, 5.74) is 0.592. The van der Waals surface area contributed by atoms with Gasteiger partial charge in [-0.05, 0) is 51.2 Å². The molecular formula is C14H20ClN3O3S. The first-order chi connectivity index (χ1) is 10.2. The summed E-state index contributed by atoms with van der Waals surface area (Å²) in [4.78, 5) is 14.6. The number of anilines is 1. The highest BCUT2D eigenvalue weighted by atomic mass is 35.5. The van der Waals surface area contributed by atoms with E-state index < -0.39 is 10.0 Å². The molecule has 0 radical (unpaired) electrons. The molecule has 1 aromatic carbocycles. The first kappa shape index (κ1) is 17.1. The van der Waals surface area contributed by atoms with Crippen molar-refractivity contribution in [2.45, 2.75) is 18.9 Å². The third-order valence-electron chi connectivity index (χ3n) is 3.57. The van der Waals surface area contributed by atoms with Gasteiger partial charge in [-0.15, -0.1) is 0 Å². The number of piperidine rings is 1. The number of halogens is 1. The van der Waals surface area contributed by atoms with Gasteiger partial charge in [-0.1, -0.05) is 11.6 Å². The molecule has 1 saturated heterocycles. The first-order valence-electron chi connectivity index (χ1n) is 7.01. The Kier molecular flexibility index (Phi) is 5.31. The minimum atomic E-state index is -3.40. The maximum absolute atomic E-state index is 12.3. The third-order valence-corrected chi connectivity index (χ3v) is 4.50. The van der Waals surface area contributed by atoms with E-state index in [-0.39, 0.29) is 17.5 Å². The summed E-state index contributed by atoms with van der Waals surface area (Å²) in [5.74, 6) is -0.281. The topological polar surface area (TPSA) is 78.5 Å². The summed E-state index contributed by atoms with van der Waals surface area (Å²) in [5, 5.41) is 3.26. The van der Waals surface area contributed by atoms with Crippen LogP contribution in [0.3, 0.4) is 0 Å². The highest BCUT2D eigenvalue weighted by Gasteiger charge is 2.20. The van der Waals surface area contributed by atoms with Crippen molar-refractivity contribution < 1.29 is 13.2 Å². The zero-order chi connectivity index (χ0) is 16.3. The van der Waals surface area contributed by atoms with Gasteiger partial charge < -0.3 is 10.2 Å². The molecule has 0 atom stereocenters. The molecule has 1 aromatic rings. The Morgan fingerprint density at radius 1 is 1.32 bits per heavy atom. The van der Waals surface area contributed by atoms with Crippen LogP contribution < -0.4 is 10.0 Å². The molecule has 1 heterocycles. The van der Waals surface area contributed by atoms with E-state index in [9.17, 15) is 13.2 Å². The summed E-state index contributed by atoms with van der Waals surface area (Å²) >= 11 is 6.06. The molecule has 1 aliphatic rings. The predicted octanol–water partition coefficient (Wildman–Crippen LogP) is 1.54. The number of nitrogens with zero attached hydrogens (tertiary/aromatic N) is 1. The standard InChI is InChI=1S/C14H20ClN3O3S/c1-18-7-5-10(6-8-18)16-14(19)12-9-11(3-4-13(12)15)17-22(2,20)21/h3-4,9-10,17H,5-8H2,1-2H3,(H,16,19). The maximum Gasteiger partial charge on any atom is 0.253 e. The molecule has 0 bridgehead atoms. The van der Waals surface area contributed by atoms with Crippen LogP contribution in [0.5, 0.6) is 0 Å². The van der Waals surface area contributed by atoms with Gasteiger partial charge in [0.15, 0.2) is 0 Å². The number of sulfonamides is 1. The number of hydrogen-bond donors (Lipinski definition) is 2. The summed E-state index contributed by atoms with van der Waals surface area (Å²) in [6, 6.07) is 4.61. The van der Waals surface area contributed by atoms with Gasteiger partial charge in [0.1, 0.15) is 0 Å². The van der Waals surface area contributed by atoms with E-state index in [1.807, 2.05) is 0 Å². The van der Waals surface area contributed by atoms with Crippen LogP contribution in [-0.4, -0.2) is 51.7 Å². The smallest absolute Gasteiger partial charge is 0.253 e. The van der Waals surface area contributed by atoms with E-state index in [0.29, 0.717) is 10.7 Å². The Morgan fingerprint density at radius 3 is 2.55 bits per heavy atom. The maximum atomic E-state index is 12.3. The fourth-order valence-corrected chi connectivity index (χ4v) is 3.15. The van der Waals surface area contributed by atoms with E-state index in [1.54, 1.807) is 0 Å². The van der Waals surface area contributed by atoms with E-state index in [2.05, 4.69) is 22.0 Å². The van der Waals surface area contributed by atoms with Crippen LogP contribution in [0.15, 0.2) is 18.2 Å². The van der Waals surface area contributed by atoms with Crippen LogP contribution in [0, 0.1) is 0 Å². The monoisotopic (exact) mass is 345 g/mol. The Morgan fingerprint density at radius 2 is 1.95 bits per heavy atom. The molecule has 6 nitrogen and oxygen atoms in total. The summed E-state index contributed by atoms with van der Waals surface area (Å²) < 4.78 is 24.9. The number of carbonyl (C=O) groups excluding carboxylic acids is 1. The molecular weight excluding hydrogens is 326 g/mol. The SMILES string of the molecule is CN1CCC(NC(=O)c2cc(NS(C)(=O)=O)ccc2Cl)CC1. The highest BCUT2D eigenvalue weighted by molar-refractivity contribution is 7.92. The van der Waals surface area contributed by atoms with Crippen molar-refractivity contribution in [1.82, 2.24) is 10.2 Å². The van der Waals surface area contributed by atoms with Gasteiger partial charge in [0.2, 0.25) is 10.0 Å². The summed E-state index contributed by atoms with van der Waals surface area (Å²) in [6.45, 7) is 1.88. The third kappa shape index (κ3) is 4.86. The average Bonchev–Trinajstić information content (AvgIpc) is 2.42. The number of hydrogen-bond acceptors (Lipinski definition) is 4. The van der Waals surface area contributed by atoms with Crippen molar-refractivity contribution in [2.24, 2.45) is 0 Å². The molecule has 0 aliphatic carbocycles. The van der Waals surface area contributed by atoms with Crippen molar-refractivity contribution in [3.63, 3.8) is 0 Å². The van der Waals surface area contributed by atoms with Gasteiger partial charge in [-0.2, -0.15) is 0 Å². The summed E-state index contributed by atoms with van der Waals surface area (Å²) in [7, 11) is -1.35. The number of benzene rings is 1. The van der Waals surface area contributed by atoms with Crippen LogP contribution >= 0.6 is 11.6 Å². The predicted molar refractivity (Wildman–Crippen MR) is 87.9 cm³/mol. The number of carbonyl (C=O) groups is 1. The van der Waals surface area contributed by atoms with Crippen LogP contribution in [0.25, 0.3) is 0 Å². The average molecular weight is 346 g/mol. The quantitative estimate of drug-likeness (QED) is 0.867. The van der Waals surface area contributed by atoms with E-state index in [1.165, 1.54) is 18.2 Å². The molecule has 0 saturated carbocycles. The largest absolute Gasteiger partial charge is 0.349 e. The van der Waals surface area contributed by atoms with Gasteiger partial charge in [-0.3, -0.25) is 9.52 Å². The van der Waals surface area contributed by atoms with Crippen molar-refractivity contribution in [1.29, 1.82) is 0 Å². The van der Waals surface area contributed by atoms with Crippen molar-refractivity contribution >= 4 is 33.2 Å². The van der Waals surface area contributed by atoms with E-state index in [4.69, 9.17) is 11.6 Å². The highest BCUT2D eigenvalue weighted by Crippen LogP contribution is 2.22. The van der Waals surface area contributed by atoms with Crippen LogP contribution in [0.4, 0.5) is 5.69 Å². The number of rotatable bonds is 4. The van der Waals surface area contributed by atoms with Gasteiger partial charge in [0.25, 0.3) is 5.91 Å². The fourth-order valence-electron chi connectivity index (χ4n) is 2.39. The van der Waals surface area contributed by atoms with Crippen molar-refractivity contribution in [2.75, 3.05) is 31.1 Å². The lowest BCUT2D eigenvalue weighted by Gasteiger charge is -2.29. The minimum Gasteiger partial charge on any atom is -0.349 e.